The Balaban J connectivity index is 2.43. The Morgan fingerprint density at radius 1 is 1.29 bits per heavy atom. The van der Waals surface area contributed by atoms with Crippen LogP contribution in [0, 0.1) is 0 Å². The molecule has 0 atom stereocenters. The van der Waals surface area contributed by atoms with Crippen molar-refractivity contribution >= 4 is 16.7 Å². The summed E-state index contributed by atoms with van der Waals surface area (Å²) in [6, 6.07) is 8.15. The van der Waals surface area contributed by atoms with E-state index >= 15 is 0 Å². The number of fused-ring (bicyclic) bond motifs is 3. The predicted octanol–water partition coefficient (Wildman–Crippen LogP) is 3.35. The van der Waals surface area contributed by atoms with Crippen molar-refractivity contribution < 1.29 is 4.79 Å². The first kappa shape index (κ1) is 10.3. The number of ketones is 1. The van der Waals surface area contributed by atoms with Crippen molar-refractivity contribution in [3.8, 4) is 0 Å². The van der Waals surface area contributed by atoms with Crippen LogP contribution in [0.2, 0.25) is 0 Å². The third kappa shape index (κ3) is 1.30. The van der Waals surface area contributed by atoms with Crippen molar-refractivity contribution in [1.29, 1.82) is 0 Å². The first-order valence-corrected chi connectivity index (χ1v) is 6.06. The van der Waals surface area contributed by atoms with Gasteiger partial charge in [0.15, 0.2) is 5.78 Å². The van der Waals surface area contributed by atoms with E-state index in [0.29, 0.717) is 0 Å². The van der Waals surface area contributed by atoms with E-state index in [9.17, 15) is 4.79 Å². The van der Waals surface area contributed by atoms with Gasteiger partial charge in [-0.15, -0.1) is 0 Å². The molecule has 0 fully saturated rings. The first-order chi connectivity index (χ1) is 8.24. The second-order valence-electron chi connectivity index (χ2n) is 4.52. The number of benzene rings is 1. The number of carbonyl (C=O) groups is 1. The summed E-state index contributed by atoms with van der Waals surface area (Å²) in [5.41, 5.74) is 3.99. The van der Waals surface area contributed by atoms with Gasteiger partial charge in [-0.1, -0.05) is 24.8 Å². The summed E-state index contributed by atoms with van der Waals surface area (Å²) in [4.78, 5) is 12.2. The summed E-state index contributed by atoms with van der Waals surface area (Å²) >= 11 is 0. The maximum absolute atomic E-state index is 12.2. The van der Waals surface area contributed by atoms with Gasteiger partial charge in [-0.05, 0) is 31.4 Å². The van der Waals surface area contributed by atoms with Crippen LogP contribution in [0.15, 0.2) is 36.4 Å². The van der Waals surface area contributed by atoms with Crippen molar-refractivity contribution in [2.45, 2.75) is 26.3 Å². The van der Waals surface area contributed by atoms with Gasteiger partial charge in [-0.2, -0.15) is 0 Å². The van der Waals surface area contributed by atoms with Crippen molar-refractivity contribution in [2.24, 2.45) is 0 Å². The number of rotatable bonds is 1. The molecule has 3 rings (SSSR count). The number of para-hydroxylation sites is 1. The van der Waals surface area contributed by atoms with Gasteiger partial charge in [-0.25, -0.2) is 0 Å². The molecule has 0 bridgehead atoms. The quantitative estimate of drug-likeness (QED) is 0.682. The van der Waals surface area contributed by atoms with Gasteiger partial charge < -0.3 is 4.57 Å². The molecular weight excluding hydrogens is 210 g/mol. The molecule has 86 valence electrons. The van der Waals surface area contributed by atoms with E-state index in [-0.39, 0.29) is 5.78 Å². The molecule has 2 heteroatoms. The third-order valence-electron chi connectivity index (χ3n) is 3.61. The normalized spacial score (nSPS) is 15.4. The van der Waals surface area contributed by atoms with Crippen LogP contribution in [0.1, 0.15) is 29.4 Å². The van der Waals surface area contributed by atoms with Gasteiger partial charge in [-0.3, -0.25) is 4.79 Å². The molecule has 0 unspecified atom stereocenters. The van der Waals surface area contributed by atoms with E-state index in [2.05, 4.69) is 24.1 Å². The Morgan fingerprint density at radius 2 is 2.06 bits per heavy atom. The Kier molecular flexibility index (Phi) is 2.18. The summed E-state index contributed by atoms with van der Waals surface area (Å²) in [6.45, 7) is 6.92. The molecule has 1 aromatic carbocycles. The van der Waals surface area contributed by atoms with E-state index in [0.717, 1.165) is 35.9 Å². The van der Waals surface area contributed by atoms with Gasteiger partial charge in [0.1, 0.15) is 0 Å². The molecule has 0 spiro atoms. The van der Waals surface area contributed by atoms with Crippen LogP contribution >= 0.6 is 0 Å². The fourth-order valence-corrected chi connectivity index (χ4v) is 2.79. The van der Waals surface area contributed by atoms with Crippen molar-refractivity contribution in [2.75, 3.05) is 0 Å². The number of aromatic nitrogens is 1. The number of hydrogen-bond donors (Lipinski definition) is 0. The fourth-order valence-electron chi connectivity index (χ4n) is 2.79. The lowest BCUT2D eigenvalue weighted by molar-refractivity contribution is 0.102. The van der Waals surface area contributed by atoms with E-state index in [4.69, 9.17) is 0 Å². The summed E-state index contributed by atoms with van der Waals surface area (Å²) in [5.74, 6) is 0.134. The molecule has 1 aromatic heterocycles. The van der Waals surface area contributed by atoms with Crippen LogP contribution in [-0.4, -0.2) is 10.4 Å². The van der Waals surface area contributed by atoms with Gasteiger partial charge >= 0.3 is 0 Å². The second kappa shape index (κ2) is 3.59. The lowest BCUT2D eigenvalue weighted by atomic mass is 9.91. The maximum atomic E-state index is 12.2. The highest BCUT2D eigenvalue weighted by atomic mass is 16.1. The number of Topliss-reactive ketones (excluding diaryl/α,β-unsaturated/α-hetero) is 1. The molecule has 1 heterocycles. The molecule has 0 saturated heterocycles. The standard InChI is InChI=1S/C15H15NO/c1-3-16-12-7-5-4-6-11(12)14-13(16)9-8-10(2)15(14)17/h4-7H,2-3,8-9H2,1H3. The summed E-state index contributed by atoms with van der Waals surface area (Å²) in [6.07, 6.45) is 1.73. The monoisotopic (exact) mass is 225 g/mol. The van der Waals surface area contributed by atoms with Gasteiger partial charge in [0.05, 0.1) is 5.56 Å². The van der Waals surface area contributed by atoms with Crippen LogP contribution in [0.3, 0.4) is 0 Å². The van der Waals surface area contributed by atoms with Crippen LogP contribution in [0.5, 0.6) is 0 Å². The lowest BCUT2D eigenvalue weighted by Gasteiger charge is -2.15. The SMILES string of the molecule is C=C1CCc2c(c3ccccc3n2CC)C1=O. The van der Waals surface area contributed by atoms with Crippen LogP contribution in [-0.2, 0) is 13.0 Å². The zero-order chi connectivity index (χ0) is 12.0. The largest absolute Gasteiger partial charge is 0.344 e. The molecule has 1 aliphatic carbocycles. The fraction of sp³-hybridized carbons (Fsp3) is 0.267. The van der Waals surface area contributed by atoms with Gasteiger partial charge in [0.2, 0.25) is 0 Å². The Labute approximate surface area is 101 Å². The van der Waals surface area contributed by atoms with E-state index in [1.807, 2.05) is 18.2 Å². The topological polar surface area (TPSA) is 22.0 Å². The number of carbonyl (C=O) groups excluding carboxylic acids is 1. The molecule has 2 nitrogen and oxygen atoms in total. The maximum Gasteiger partial charge on any atom is 0.190 e. The number of allylic oxidation sites excluding steroid dienone is 1. The van der Waals surface area contributed by atoms with Crippen molar-refractivity contribution in [3.63, 3.8) is 0 Å². The molecule has 2 aromatic rings. The molecule has 0 saturated carbocycles. The number of hydrogen-bond acceptors (Lipinski definition) is 1. The molecule has 0 aliphatic heterocycles. The highest BCUT2D eigenvalue weighted by molar-refractivity contribution is 6.18. The average Bonchev–Trinajstić information content (AvgIpc) is 2.68. The summed E-state index contributed by atoms with van der Waals surface area (Å²) in [7, 11) is 0. The zero-order valence-electron chi connectivity index (χ0n) is 9.99. The predicted molar refractivity (Wildman–Crippen MR) is 69.4 cm³/mol. The van der Waals surface area contributed by atoms with Crippen molar-refractivity contribution in [1.82, 2.24) is 4.57 Å². The summed E-state index contributed by atoms with van der Waals surface area (Å²) < 4.78 is 2.26. The smallest absolute Gasteiger partial charge is 0.190 e. The van der Waals surface area contributed by atoms with Gasteiger partial charge in [0, 0.05) is 23.1 Å². The van der Waals surface area contributed by atoms with Crippen LogP contribution in [0.25, 0.3) is 10.9 Å². The highest BCUT2D eigenvalue weighted by Crippen LogP contribution is 2.33. The molecule has 17 heavy (non-hydrogen) atoms. The molecule has 0 radical (unpaired) electrons. The number of aryl methyl sites for hydroxylation is 1. The van der Waals surface area contributed by atoms with Gasteiger partial charge in [0.25, 0.3) is 0 Å². The minimum Gasteiger partial charge on any atom is -0.344 e. The molecular formula is C15H15NO. The Hall–Kier alpha value is -1.83. The van der Waals surface area contributed by atoms with Crippen LogP contribution in [0.4, 0.5) is 0 Å². The summed E-state index contributed by atoms with van der Waals surface area (Å²) in [5, 5.41) is 1.08. The Morgan fingerprint density at radius 3 is 2.82 bits per heavy atom. The van der Waals surface area contributed by atoms with E-state index in [1.165, 1.54) is 11.2 Å². The highest BCUT2D eigenvalue weighted by Gasteiger charge is 2.27. The first-order valence-electron chi connectivity index (χ1n) is 6.06. The number of nitrogens with zero attached hydrogens (tertiary/aromatic N) is 1. The zero-order valence-corrected chi connectivity index (χ0v) is 9.99. The third-order valence-corrected chi connectivity index (χ3v) is 3.61. The van der Waals surface area contributed by atoms with Crippen molar-refractivity contribution in [3.05, 3.63) is 47.7 Å². The molecule has 1 aliphatic rings. The second-order valence-corrected chi connectivity index (χ2v) is 4.52. The minimum absolute atomic E-state index is 0.134. The lowest BCUT2D eigenvalue weighted by Crippen LogP contribution is -2.15. The minimum atomic E-state index is 0.134. The molecule has 0 N–H and O–H groups in total. The average molecular weight is 225 g/mol. The van der Waals surface area contributed by atoms with Crippen LogP contribution < -0.4 is 0 Å². The van der Waals surface area contributed by atoms with E-state index in [1.54, 1.807) is 0 Å². The Bertz CT molecular complexity index is 634. The van der Waals surface area contributed by atoms with E-state index < -0.39 is 0 Å². The molecule has 0 amide bonds.